The molecule has 5 aliphatic heterocycles. The van der Waals surface area contributed by atoms with Crippen LogP contribution in [0.15, 0.2) is 144 Å². The van der Waals surface area contributed by atoms with E-state index in [2.05, 4.69) is 31.6 Å². The number of hydrogen-bond acceptors (Lipinski definition) is 22. The van der Waals surface area contributed by atoms with E-state index in [9.17, 15) is 92.8 Å². The first-order chi connectivity index (χ1) is 57.5. The van der Waals surface area contributed by atoms with E-state index in [-0.39, 0.29) is 168 Å². The quantitative estimate of drug-likeness (QED) is 0.0502. The van der Waals surface area contributed by atoms with Gasteiger partial charge in [-0.25, -0.2) is 73.8 Å². The highest BCUT2D eigenvalue weighted by Crippen LogP contribution is 2.29. The fraction of sp³-hybridized carbons (Fsp3) is 0.392. The number of aromatic nitrogens is 2. The lowest BCUT2D eigenvalue weighted by molar-refractivity contribution is -0.131. The largest absolute Gasteiger partial charge is 0.444 e. The number of carbonyl (C=O) groups is 6. The molecule has 7 aromatic rings. The van der Waals surface area contributed by atoms with Gasteiger partial charge in [-0.05, 0) is 131 Å². The van der Waals surface area contributed by atoms with Crippen LogP contribution in [0.25, 0.3) is 0 Å². The molecule has 49 heteroatoms. The molecule has 672 valence electrons. The number of anilines is 5. The Bertz CT molecular complexity index is 5600. The fourth-order valence-electron chi connectivity index (χ4n) is 11.5. The van der Waals surface area contributed by atoms with Crippen molar-refractivity contribution in [2.75, 3.05) is 143 Å². The summed E-state index contributed by atoms with van der Waals surface area (Å²) >= 11 is 28.0. The standard InChI is InChI=1S/C17H23ClFN3O5S.C17H16ClFN2O4S.C15H16ClFN4O4S.C13H16ClFN2O4S.C12H14ClFN2O4S/c1-17(2,3)27-16(24)22-8-7-21(28(4,25)26)10-14(22)15(23)20-11-5-6-12(18)13(19)9-11;18-14-7-6-12(10-15(14)19)20-17(22)16-11-21(8-9-25-16)26(23,24)13-4-2-1-3-5-13;1-20-8-14(18-9-20)26(23,24)21-4-5-25-13(7-21)15(22)19-10-2-3-11(16)12(17)6-10;1-2-22(19,20)17-5-6-21-12(8-17)13(18)16-9-3-4-10(14)11(15)7-9;1-21(18,19)16-4-5-20-11(7-16)12(17)15-8-2-3-9(13)10(14)6-8/h5-6,9,14H,7-8,10H2,1-4H3,(H,20,23);1-7,10,16H,8-9,11H2,(H,20,22);2-3,6,8-9,13H,4-5,7H2,1H3,(H,19,22);3-4,7,12H,2,5-6,8H2,1H3,(H,16,18);2-3,6,11H,4-5,7H2,1H3,(H,15,17). The number of amides is 6. The van der Waals surface area contributed by atoms with Crippen molar-refractivity contribution in [3.05, 3.63) is 188 Å². The number of imidazole rings is 1. The Kier molecular flexibility index (Phi) is 35.5. The van der Waals surface area contributed by atoms with Gasteiger partial charge in [0.25, 0.3) is 33.7 Å². The van der Waals surface area contributed by atoms with Gasteiger partial charge in [0.2, 0.25) is 46.0 Å². The van der Waals surface area contributed by atoms with E-state index in [0.717, 1.165) is 51.5 Å². The second-order valence-electron chi connectivity index (χ2n) is 28.1. The maximum atomic E-state index is 13.6. The monoisotopic (exact) mass is 1920 g/mol. The summed E-state index contributed by atoms with van der Waals surface area (Å²) in [7, 11) is -16.2. The minimum Gasteiger partial charge on any atom is -0.444 e. The van der Waals surface area contributed by atoms with Crippen LogP contribution in [0.2, 0.25) is 25.1 Å². The summed E-state index contributed by atoms with van der Waals surface area (Å²) in [6.07, 6.45) is 0.232. The number of hydrogen-bond donors (Lipinski definition) is 5. The lowest BCUT2D eigenvalue weighted by Crippen LogP contribution is -2.60. The highest BCUT2D eigenvalue weighted by Gasteiger charge is 2.42. The van der Waals surface area contributed by atoms with Crippen molar-refractivity contribution in [1.29, 1.82) is 0 Å². The second kappa shape index (κ2) is 43.7. The summed E-state index contributed by atoms with van der Waals surface area (Å²) < 4.78 is 222. The van der Waals surface area contributed by atoms with Gasteiger partial charge in [0, 0.05) is 114 Å². The highest BCUT2D eigenvalue weighted by atomic mass is 35.5. The molecule has 5 aliphatic rings. The van der Waals surface area contributed by atoms with Gasteiger partial charge in [0.1, 0.15) is 65.1 Å². The lowest BCUT2D eigenvalue weighted by Gasteiger charge is -2.39. The Hall–Kier alpha value is -8.36. The van der Waals surface area contributed by atoms with E-state index < -0.39 is 151 Å². The molecule has 34 nitrogen and oxygen atoms in total. The summed E-state index contributed by atoms with van der Waals surface area (Å²) in [5, 5.41) is 12.0. The summed E-state index contributed by atoms with van der Waals surface area (Å²) in [4.78, 5) is 79.3. The van der Waals surface area contributed by atoms with Gasteiger partial charge in [-0.3, -0.25) is 28.9 Å². The zero-order valence-corrected chi connectivity index (χ0v) is 74.2. The van der Waals surface area contributed by atoms with E-state index in [0.29, 0.717) is 0 Å². The van der Waals surface area contributed by atoms with Gasteiger partial charge in [0.05, 0.1) is 81.0 Å². The van der Waals surface area contributed by atoms with E-state index in [4.69, 9.17) is 81.7 Å². The highest BCUT2D eigenvalue weighted by molar-refractivity contribution is 7.90. The summed E-state index contributed by atoms with van der Waals surface area (Å²) in [6, 6.07) is 25.9. The molecule has 0 aliphatic carbocycles. The average molecular weight is 1930 g/mol. The number of aryl methyl sites for hydroxylation is 1. The molecule has 5 saturated heterocycles. The van der Waals surface area contributed by atoms with Crippen molar-refractivity contribution in [1.82, 2.24) is 36.0 Å². The van der Waals surface area contributed by atoms with Crippen LogP contribution >= 0.6 is 58.0 Å². The van der Waals surface area contributed by atoms with Gasteiger partial charge < -0.3 is 54.8 Å². The number of rotatable bonds is 18. The van der Waals surface area contributed by atoms with Gasteiger partial charge in [-0.1, -0.05) is 76.2 Å². The molecular formula is C74H85Cl5F5N13O21S5. The number of morpholine rings is 4. The van der Waals surface area contributed by atoms with Crippen molar-refractivity contribution in [3.8, 4) is 0 Å². The SMILES string of the molecule is CC(C)(C)OC(=O)N1CCN(S(C)(=O)=O)CC1C(=O)Nc1ccc(Cl)c(F)c1.CCS(=O)(=O)N1CCOC(C(=O)Nc2ccc(Cl)c(F)c2)C1.CS(=O)(=O)N1CCOC(C(=O)Nc2ccc(Cl)c(F)c2)C1.Cn1cnc(S(=O)(=O)N2CCOC(C(=O)Nc3ccc(Cl)c(F)c3)C2)c1.O=C(Nc1ccc(Cl)c(F)c1)C1CN(S(=O)(=O)c2ccccc2)CCO1. The molecule has 1 aromatic heterocycles. The molecule has 12 rings (SSSR count). The van der Waals surface area contributed by atoms with Crippen LogP contribution in [0.1, 0.15) is 27.7 Å². The smallest absolute Gasteiger partial charge is 0.411 e. The van der Waals surface area contributed by atoms with Crippen molar-refractivity contribution in [3.63, 3.8) is 0 Å². The number of nitrogens with zero attached hydrogens (tertiary/aromatic N) is 8. The van der Waals surface area contributed by atoms with E-state index in [1.165, 1.54) is 115 Å². The molecule has 5 atom stereocenters. The maximum Gasteiger partial charge on any atom is 0.411 e. The van der Waals surface area contributed by atoms with Crippen LogP contribution in [0.3, 0.4) is 0 Å². The van der Waals surface area contributed by atoms with Gasteiger partial charge >= 0.3 is 6.09 Å². The normalized spacial score (nSPS) is 19.1. The first kappa shape index (κ1) is 100. The predicted molar refractivity (Wildman–Crippen MR) is 447 cm³/mol. The first-order valence-electron chi connectivity index (χ1n) is 36.7. The molecule has 123 heavy (non-hydrogen) atoms. The molecule has 6 amide bonds. The van der Waals surface area contributed by atoms with Crippen molar-refractivity contribution in [2.24, 2.45) is 7.05 Å². The Morgan fingerprint density at radius 1 is 0.439 bits per heavy atom. The molecule has 5 fully saturated rings. The Balaban J connectivity index is 0.000000192. The van der Waals surface area contributed by atoms with Gasteiger partial charge in [-0.15, -0.1) is 0 Å². The van der Waals surface area contributed by atoms with Crippen LogP contribution in [0.4, 0.5) is 55.2 Å². The number of carbonyl (C=O) groups excluding carboxylic acids is 6. The third-order valence-electron chi connectivity index (χ3n) is 17.9. The topological polar surface area (TPSA) is 417 Å². The number of benzene rings is 6. The van der Waals surface area contributed by atoms with Crippen molar-refractivity contribution in [2.45, 2.75) is 73.7 Å². The van der Waals surface area contributed by atoms with Crippen LogP contribution in [0, 0.1) is 29.1 Å². The summed E-state index contributed by atoms with van der Waals surface area (Å²) in [6.45, 7) is 7.03. The first-order valence-corrected chi connectivity index (χ1v) is 46.8. The third-order valence-corrected chi connectivity index (χ3v) is 27.4. The second-order valence-corrected chi connectivity index (χ2v) is 40.2. The van der Waals surface area contributed by atoms with Crippen molar-refractivity contribution >= 4 is 172 Å². The number of halogens is 10. The number of piperazine rings is 1. The number of nitrogens with one attached hydrogen (secondary N) is 5. The van der Waals surface area contributed by atoms with Crippen LogP contribution in [-0.2, 0) is 105 Å². The minimum absolute atomic E-state index is 0.0188. The molecule has 0 saturated carbocycles. The third kappa shape index (κ3) is 29.1. The minimum atomic E-state index is -3.83. The Labute approximate surface area is 731 Å². The molecule has 6 heterocycles. The molecule has 0 spiro atoms. The van der Waals surface area contributed by atoms with E-state index in [1.807, 2.05) is 0 Å². The Morgan fingerprint density at radius 3 is 1.08 bits per heavy atom. The number of ether oxygens (including phenoxy) is 5. The lowest BCUT2D eigenvalue weighted by atomic mass is 10.1. The van der Waals surface area contributed by atoms with E-state index in [1.54, 1.807) is 46.0 Å². The number of sulfonamides is 5. The Morgan fingerprint density at radius 2 is 0.756 bits per heavy atom. The van der Waals surface area contributed by atoms with Gasteiger partial charge in [0.15, 0.2) is 5.03 Å². The summed E-state index contributed by atoms with van der Waals surface area (Å²) in [5.41, 5.74) is 0.208. The van der Waals surface area contributed by atoms with Crippen LogP contribution < -0.4 is 26.6 Å². The molecule has 0 bridgehead atoms. The van der Waals surface area contributed by atoms with Crippen LogP contribution in [-0.4, -0.2) is 266 Å². The van der Waals surface area contributed by atoms with E-state index >= 15 is 0 Å². The molecule has 5 unspecified atom stereocenters. The fourth-order valence-corrected chi connectivity index (χ4v) is 17.7. The molecule has 6 aromatic carbocycles. The van der Waals surface area contributed by atoms with Crippen molar-refractivity contribution < 1.29 is 116 Å². The molecule has 0 radical (unpaired) electrons. The molecule has 5 N–H and O–H groups in total. The summed E-state index contributed by atoms with van der Waals surface area (Å²) in [5.74, 6) is -6.27. The van der Waals surface area contributed by atoms with Gasteiger partial charge in [-0.2, -0.15) is 21.5 Å². The molecular weight excluding hydrogens is 1840 g/mol. The maximum absolute atomic E-state index is 13.6. The predicted octanol–water partition coefficient (Wildman–Crippen LogP) is 8.59. The average Bonchev–Trinajstić information content (AvgIpc) is 1.59. The zero-order valence-electron chi connectivity index (χ0n) is 66.4. The zero-order chi connectivity index (χ0) is 90.9. The van der Waals surface area contributed by atoms with Crippen LogP contribution in [0.5, 0.6) is 0 Å².